The number of hydrogen-bond acceptors (Lipinski definition) is 5. The molecule has 9 heteroatoms. The molecule has 0 saturated carbocycles. The fourth-order valence-corrected chi connectivity index (χ4v) is 5.64. The minimum atomic E-state index is -3.73. The number of rotatable bonds is 6. The number of benzene rings is 2. The summed E-state index contributed by atoms with van der Waals surface area (Å²) in [5.74, 6) is -0.524. The number of amides is 1. The summed E-state index contributed by atoms with van der Waals surface area (Å²) in [4.78, 5) is 16.6. The number of halogens is 1. The van der Waals surface area contributed by atoms with Crippen molar-refractivity contribution in [3.8, 4) is 0 Å². The number of hydrogen-bond donors (Lipinski definition) is 0. The quantitative estimate of drug-likeness (QED) is 0.662. The standard InChI is InChI=1S/C23H28FN3O4S/c1-25(17-21-5-3-15-31-21)23(28)18-4-2-6-22(16-18)32(29,30)27-13-11-26(12-14-27)20-9-7-19(24)8-10-20/h2,4,6-10,16,21H,3,5,11-15,17H2,1H3. The fourth-order valence-electron chi connectivity index (χ4n) is 4.17. The summed E-state index contributed by atoms with van der Waals surface area (Å²) < 4.78 is 46.6. The van der Waals surface area contributed by atoms with Gasteiger partial charge in [-0.2, -0.15) is 4.31 Å². The predicted molar refractivity (Wildman–Crippen MR) is 120 cm³/mol. The highest BCUT2D eigenvalue weighted by Crippen LogP contribution is 2.23. The molecule has 1 atom stereocenters. The Bertz CT molecular complexity index is 1050. The number of ether oxygens (including phenoxy) is 1. The van der Waals surface area contributed by atoms with Crippen LogP contribution in [0.1, 0.15) is 23.2 Å². The van der Waals surface area contributed by atoms with Gasteiger partial charge in [-0.3, -0.25) is 4.79 Å². The molecule has 4 rings (SSSR count). The van der Waals surface area contributed by atoms with E-state index in [-0.39, 0.29) is 22.7 Å². The SMILES string of the molecule is CN(CC1CCCO1)C(=O)c1cccc(S(=O)(=O)N2CCN(c3ccc(F)cc3)CC2)c1. The van der Waals surface area contributed by atoms with Gasteiger partial charge >= 0.3 is 0 Å². The Labute approximate surface area is 188 Å². The molecule has 0 N–H and O–H groups in total. The van der Waals surface area contributed by atoms with Crippen LogP contribution >= 0.6 is 0 Å². The minimum absolute atomic E-state index is 0.0354. The molecule has 2 saturated heterocycles. The van der Waals surface area contributed by atoms with Crippen molar-refractivity contribution in [2.75, 3.05) is 51.3 Å². The number of nitrogens with zero attached hydrogens (tertiary/aromatic N) is 3. The highest BCUT2D eigenvalue weighted by Gasteiger charge is 2.29. The summed E-state index contributed by atoms with van der Waals surface area (Å²) in [7, 11) is -2.02. The van der Waals surface area contributed by atoms with Gasteiger partial charge in [0.05, 0.1) is 11.0 Å². The molecule has 172 valence electrons. The minimum Gasteiger partial charge on any atom is -0.376 e. The van der Waals surface area contributed by atoms with Gasteiger partial charge in [0, 0.05) is 57.6 Å². The lowest BCUT2D eigenvalue weighted by atomic mass is 10.2. The molecule has 2 fully saturated rings. The molecule has 1 unspecified atom stereocenters. The summed E-state index contributed by atoms with van der Waals surface area (Å²) >= 11 is 0. The topological polar surface area (TPSA) is 70.2 Å². The third kappa shape index (κ3) is 4.95. The maximum Gasteiger partial charge on any atom is 0.253 e. The lowest BCUT2D eigenvalue weighted by Crippen LogP contribution is -2.48. The lowest BCUT2D eigenvalue weighted by Gasteiger charge is -2.35. The molecular formula is C23H28FN3O4S. The van der Waals surface area contributed by atoms with E-state index >= 15 is 0 Å². The Kier molecular flexibility index (Phi) is 6.78. The van der Waals surface area contributed by atoms with Crippen LogP contribution in [0.3, 0.4) is 0 Å². The van der Waals surface area contributed by atoms with Crippen LogP contribution in [0.15, 0.2) is 53.4 Å². The summed E-state index contributed by atoms with van der Waals surface area (Å²) in [5.41, 5.74) is 1.21. The summed E-state index contributed by atoms with van der Waals surface area (Å²) in [6.45, 7) is 2.85. The van der Waals surface area contributed by atoms with Gasteiger partial charge in [0.25, 0.3) is 5.91 Å². The first-order chi connectivity index (χ1) is 15.3. The Hall–Kier alpha value is -2.49. The first-order valence-corrected chi connectivity index (χ1v) is 12.3. The molecule has 2 aromatic carbocycles. The number of carbonyl (C=O) groups is 1. The van der Waals surface area contributed by atoms with Crippen LogP contribution in [0.2, 0.25) is 0 Å². The molecule has 2 aliphatic heterocycles. The van der Waals surface area contributed by atoms with Crippen LogP contribution in [-0.4, -0.2) is 76.0 Å². The smallest absolute Gasteiger partial charge is 0.253 e. The van der Waals surface area contributed by atoms with Crippen molar-refractivity contribution in [3.05, 3.63) is 59.9 Å². The van der Waals surface area contributed by atoms with Crippen LogP contribution in [-0.2, 0) is 14.8 Å². The number of carbonyl (C=O) groups excluding carboxylic acids is 1. The number of piperazine rings is 1. The second-order valence-electron chi connectivity index (χ2n) is 8.22. The highest BCUT2D eigenvalue weighted by molar-refractivity contribution is 7.89. The zero-order valence-electron chi connectivity index (χ0n) is 18.1. The summed E-state index contributed by atoms with van der Waals surface area (Å²) in [6.07, 6.45) is 1.96. The number of likely N-dealkylation sites (N-methyl/N-ethyl adjacent to an activating group) is 1. The van der Waals surface area contributed by atoms with E-state index in [2.05, 4.69) is 0 Å². The lowest BCUT2D eigenvalue weighted by molar-refractivity contribution is 0.0587. The molecular weight excluding hydrogens is 433 g/mol. The van der Waals surface area contributed by atoms with Crippen molar-refractivity contribution in [3.63, 3.8) is 0 Å². The van der Waals surface area contributed by atoms with Gasteiger partial charge in [-0.1, -0.05) is 6.07 Å². The molecule has 1 amide bonds. The molecule has 2 aromatic rings. The summed E-state index contributed by atoms with van der Waals surface area (Å²) in [5, 5.41) is 0. The second-order valence-corrected chi connectivity index (χ2v) is 10.2. The van der Waals surface area contributed by atoms with Gasteiger partial charge in [-0.25, -0.2) is 12.8 Å². The van der Waals surface area contributed by atoms with Crippen molar-refractivity contribution in [2.45, 2.75) is 23.8 Å². The van der Waals surface area contributed by atoms with Crippen LogP contribution in [0, 0.1) is 5.82 Å². The Balaban J connectivity index is 1.42. The molecule has 0 bridgehead atoms. The largest absolute Gasteiger partial charge is 0.376 e. The van der Waals surface area contributed by atoms with E-state index in [1.165, 1.54) is 28.6 Å². The highest BCUT2D eigenvalue weighted by atomic mass is 32.2. The first kappa shape index (κ1) is 22.7. The second kappa shape index (κ2) is 9.56. The predicted octanol–water partition coefficient (Wildman–Crippen LogP) is 2.59. The van der Waals surface area contributed by atoms with Crippen LogP contribution in [0.4, 0.5) is 10.1 Å². The van der Waals surface area contributed by atoms with E-state index in [0.717, 1.165) is 25.1 Å². The van der Waals surface area contributed by atoms with E-state index < -0.39 is 10.0 Å². The van der Waals surface area contributed by atoms with Gasteiger partial charge in [-0.15, -0.1) is 0 Å². The van der Waals surface area contributed by atoms with Crippen molar-refractivity contribution in [1.29, 1.82) is 0 Å². The Morgan fingerprint density at radius 2 is 1.84 bits per heavy atom. The Morgan fingerprint density at radius 3 is 2.50 bits per heavy atom. The molecule has 0 aliphatic carbocycles. The van der Waals surface area contributed by atoms with Gasteiger partial charge in [0.15, 0.2) is 0 Å². The van der Waals surface area contributed by atoms with Crippen molar-refractivity contribution in [2.24, 2.45) is 0 Å². The Morgan fingerprint density at radius 1 is 1.12 bits per heavy atom. The molecule has 32 heavy (non-hydrogen) atoms. The third-order valence-electron chi connectivity index (χ3n) is 6.00. The van der Waals surface area contributed by atoms with Crippen LogP contribution < -0.4 is 4.90 Å². The summed E-state index contributed by atoms with van der Waals surface area (Å²) in [6, 6.07) is 12.4. The average molecular weight is 462 g/mol. The molecule has 2 aliphatic rings. The molecule has 7 nitrogen and oxygen atoms in total. The van der Waals surface area contributed by atoms with Crippen molar-refractivity contribution < 1.29 is 22.3 Å². The first-order valence-electron chi connectivity index (χ1n) is 10.8. The van der Waals surface area contributed by atoms with Gasteiger partial charge < -0.3 is 14.5 Å². The normalized spacial score (nSPS) is 19.8. The zero-order chi connectivity index (χ0) is 22.7. The maximum absolute atomic E-state index is 13.2. The molecule has 2 heterocycles. The van der Waals surface area contributed by atoms with Gasteiger partial charge in [0.1, 0.15) is 5.82 Å². The van der Waals surface area contributed by atoms with E-state index in [1.54, 1.807) is 36.2 Å². The van der Waals surface area contributed by atoms with E-state index in [4.69, 9.17) is 4.74 Å². The fraction of sp³-hybridized carbons (Fsp3) is 0.435. The van der Waals surface area contributed by atoms with Crippen molar-refractivity contribution >= 4 is 21.6 Å². The van der Waals surface area contributed by atoms with Gasteiger partial charge in [-0.05, 0) is 55.3 Å². The van der Waals surface area contributed by atoms with E-state index in [9.17, 15) is 17.6 Å². The zero-order valence-corrected chi connectivity index (χ0v) is 18.9. The van der Waals surface area contributed by atoms with E-state index in [0.29, 0.717) is 38.3 Å². The van der Waals surface area contributed by atoms with Crippen molar-refractivity contribution in [1.82, 2.24) is 9.21 Å². The average Bonchev–Trinajstić information content (AvgIpc) is 3.32. The maximum atomic E-state index is 13.2. The monoisotopic (exact) mass is 461 g/mol. The van der Waals surface area contributed by atoms with Crippen LogP contribution in [0.5, 0.6) is 0 Å². The van der Waals surface area contributed by atoms with Crippen LogP contribution in [0.25, 0.3) is 0 Å². The van der Waals surface area contributed by atoms with E-state index in [1.807, 2.05) is 4.90 Å². The molecule has 0 radical (unpaired) electrons. The molecule has 0 aromatic heterocycles. The third-order valence-corrected chi connectivity index (χ3v) is 7.89. The molecule has 0 spiro atoms. The number of anilines is 1. The number of sulfonamides is 1. The van der Waals surface area contributed by atoms with Gasteiger partial charge in [0.2, 0.25) is 10.0 Å².